The SMILES string of the molecule is C=CCn1c(SC(C)C(=O)NCC(C)C)nnc1-c1ccncc1. The average Bonchev–Trinajstić information content (AvgIpc) is 2.96. The van der Waals surface area contributed by atoms with Crippen molar-refractivity contribution in [3.8, 4) is 11.4 Å². The predicted octanol–water partition coefficient (Wildman–Crippen LogP) is 2.78. The molecule has 1 unspecified atom stereocenters. The van der Waals surface area contributed by atoms with Gasteiger partial charge in [0.2, 0.25) is 5.91 Å². The molecule has 0 fully saturated rings. The van der Waals surface area contributed by atoms with E-state index in [9.17, 15) is 4.79 Å². The van der Waals surface area contributed by atoms with E-state index in [0.717, 1.165) is 11.4 Å². The molecule has 1 atom stereocenters. The zero-order chi connectivity index (χ0) is 17.5. The Morgan fingerprint density at radius 3 is 2.67 bits per heavy atom. The maximum Gasteiger partial charge on any atom is 0.233 e. The van der Waals surface area contributed by atoms with Crippen LogP contribution in [0.1, 0.15) is 20.8 Å². The van der Waals surface area contributed by atoms with Crippen LogP contribution in [0.2, 0.25) is 0 Å². The minimum Gasteiger partial charge on any atom is -0.355 e. The Balaban J connectivity index is 2.17. The second-order valence-electron chi connectivity index (χ2n) is 5.84. The van der Waals surface area contributed by atoms with E-state index in [1.54, 1.807) is 18.5 Å². The van der Waals surface area contributed by atoms with Crippen LogP contribution in [0.25, 0.3) is 11.4 Å². The molecular weight excluding hydrogens is 322 g/mol. The van der Waals surface area contributed by atoms with Gasteiger partial charge in [0, 0.05) is 31.0 Å². The number of allylic oxidation sites excluding steroid dienone is 1. The number of amides is 1. The zero-order valence-corrected chi connectivity index (χ0v) is 15.1. The summed E-state index contributed by atoms with van der Waals surface area (Å²) in [6.45, 7) is 11.1. The summed E-state index contributed by atoms with van der Waals surface area (Å²) in [4.78, 5) is 16.2. The molecule has 6 nitrogen and oxygen atoms in total. The van der Waals surface area contributed by atoms with Crippen molar-refractivity contribution >= 4 is 17.7 Å². The van der Waals surface area contributed by atoms with Crippen LogP contribution in [0.4, 0.5) is 0 Å². The third-order valence-corrected chi connectivity index (χ3v) is 4.38. The topological polar surface area (TPSA) is 72.7 Å². The van der Waals surface area contributed by atoms with Gasteiger partial charge in [-0.3, -0.25) is 14.3 Å². The van der Waals surface area contributed by atoms with Crippen molar-refractivity contribution in [2.24, 2.45) is 5.92 Å². The monoisotopic (exact) mass is 345 g/mol. The number of aromatic nitrogens is 4. The number of nitrogens with one attached hydrogen (secondary N) is 1. The Kier molecular flexibility index (Phi) is 6.54. The normalized spacial score (nSPS) is 12.2. The summed E-state index contributed by atoms with van der Waals surface area (Å²) in [5.74, 6) is 1.18. The molecule has 0 radical (unpaired) electrons. The van der Waals surface area contributed by atoms with Crippen LogP contribution in [0.3, 0.4) is 0 Å². The smallest absolute Gasteiger partial charge is 0.233 e. The van der Waals surface area contributed by atoms with E-state index in [2.05, 4.69) is 40.9 Å². The van der Waals surface area contributed by atoms with Crippen LogP contribution in [-0.4, -0.2) is 37.5 Å². The van der Waals surface area contributed by atoms with Crippen molar-refractivity contribution in [2.45, 2.75) is 37.7 Å². The van der Waals surface area contributed by atoms with E-state index >= 15 is 0 Å². The molecule has 0 spiro atoms. The third kappa shape index (κ3) is 4.67. The Labute approximate surface area is 146 Å². The summed E-state index contributed by atoms with van der Waals surface area (Å²) in [7, 11) is 0. The molecule has 0 saturated carbocycles. The first kappa shape index (κ1) is 18.2. The molecule has 128 valence electrons. The van der Waals surface area contributed by atoms with Crippen LogP contribution in [-0.2, 0) is 11.3 Å². The van der Waals surface area contributed by atoms with Gasteiger partial charge < -0.3 is 5.32 Å². The Hall–Kier alpha value is -2.15. The molecule has 2 aromatic rings. The van der Waals surface area contributed by atoms with Crippen molar-refractivity contribution < 1.29 is 4.79 Å². The summed E-state index contributed by atoms with van der Waals surface area (Å²) in [5, 5.41) is 11.9. The summed E-state index contributed by atoms with van der Waals surface area (Å²) in [6.07, 6.45) is 5.23. The first-order valence-corrected chi connectivity index (χ1v) is 8.79. The van der Waals surface area contributed by atoms with Crippen molar-refractivity contribution in [3.05, 3.63) is 37.2 Å². The Bertz CT molecular complexity index is 684. The van der Waals surface area contributed by atoms with Crippen LogP contribution < -0.4 is 5.32 Å². The van der Waals surface area contributed by atoms with Crippen molar-refractivity contribution in [3.63, 3.8) is 0 Å². The summed E-state index contributed by atoms with van der Waals surface area (Å²) >= 11 is 1.40. The van der Waals surface area contributed by atoms with Gasteiger partial charge in [-0.15, -0.1) is 16.8 Å². The number of thioether (sulfide) groups is 1. The quantitative estimate of drug-likeness (QED) is 0.588. The number of pyridine rings is 1. The van der Waals surface area contributed by atoms with Gasteiger partial charge in [0.05, 0.1) is 5.25 Å². The number of hydrogen-bond donors (Lipinski definition) is 1. The van der Waals surface area contributed by atoms with E-state index in [0.29, 0.717) is 24.2 Å². The molecule has 0 aromatic carbocycles. The van der Waals surface area contributed by atoms with Crippen molar-refractivity contribution in [2.75, 3.05) is 6.54 Å². The lowest BCUT2D eigenvalue weighted by molar-refractivity contribution is -0.120. The van der Waals surface area contributed by atoms with E-state index in [-0.39, 0.29) is 11.2 Å². The number of carbonyl (C=O) groups is 1. The van der Waals surface area contributed by atoms with Crippen LogP contribution >= 0.6 is 11.8 Å². The minimum atomic E-state index is -0.248. The number of carbonyl (C=O) groups excluding carboxylic acids is 1. The highest BCUT2D eigenvalue weighted by Gasteiger charge is 2.20. The second-order valence-corrected chi connectivity index (χ2v) is 7.15. The third-order valence-electron chi connectivity index (χ3n) is 3.30. The number of rotatable bonds is 8. The van der Waals surface area contributed by atoms with Crippen LogP contribution in [0.15, 0.2) is 42.3 Å². The lowest BCUT2D eigenvalue weighted by Crippen LogP contribution is -2.33. The predicted molar refractivity (Wildman–Crippen MR) is 96.6 cm³/mol. The molecule has 2 aromatic heterocycles. The number of nitrogens with zero attached hydrogens (tertiary/aromatic N) is 4. The van der Waals surface area contributed by atoms with Gasteiger partial charge in [-0.25, -0.2) is 0 Å². The Morgan fingerprint density at radius 2 is 2.04 bits per heavy atom. The van der Waals surface area contributed by atoms with Gasteiger partial charge in [-0.2, -0.15) is 0 Å². The first-order valence-electron chi connectivity index (χ1n) is 7.91. The van der Waals surface area contributed by atoms with Gasteiger partial charge >= 0.3 is 0 Å². The summed E-state index contributed by atoms with van der Waals surface area (Å²) in [6, 6.07) is 3.77. The van der Waals surface area contributed by atoms with E-state index in [1.807, 2.05) is 23.6 Å². The number of hydrogen-bond acceptors (Lipinski definition) is 5. The van der Waals surface area contributed by atoms with Gasteiger partial charge in [-0.1, -0.05) is 31.7 Å². The van der Waals surface area contributed by atoms with E-state index in [1.165, 1.54) is 11.8 Å². The summed E-state index contributed by atoms with van der Waals surface area (Å²) in [5.41, 5.74) is 0.933. The fourth-order valence-electron chi connectivity index (χ4n) is 2.04. The highest BCUT2D eigenvalue weighted by atomic mass is 32.2. The van der Waals surface area contributed by atoms with Crippen LogP contribution in [0, 0.1) is 5.92 Å². The van der Waals surface area contributed by atoms with Crippen molar-refractivity contribution in [1.29, 1.82) is 0 Å². The lowest BCUT2D eigenvalue weighted by Gasteiger charge is -2.13. The molecule has 1 amide bonds. The first-order chi connectivity index (χ1) is 11.5. The van der Waals surface area contributed by atoms with E-state index < -0.39 is 0 Å². The van der Waals surface area contributed by atoms with Gasteiger partial charge in [0.15, 0.2) is 11.0 Å². The standard InChI is InChI=1S/C17H23N5OS/c1-5-10-22-15(14-6-8-18-9-7-14)20-21-17(22)24-13(4)16(23)19-11-12(2)3/h5-9,12-13H,1,10-11H2,2-4H3,(H,19,23). The van der Waals surface area contributed by atoms with Gasteiger partial charge in [-0.05, 0) is 25.0 Å². The molecule has 0 saturated heterocycles. The minimum absolute atomic E-state index is 0.00677. The molecule has 7 heteroatoms. The lowest BCUT2D eigenvalue weighted by atomic mass is 10.2. The molecule has 24 heavy (non-hydrogen) atoms. The molecule has 0 bridgehead atoms. The fraction of sp³-hybridized carbons (Fsp3) is 0.412. The van der Waals surface area contributed by atoms with Gasteiger partial charge in [0.1, 0.15) is 0 Å². The molecule has 0 aliphatic heterocycles. The highest BCUT2D eigenvalue weighted by molar-refractivity contribution is 8.00. The average molecular weight is 345 g/mol. The van der Waals surface area contributed by atoms with Crippen LogP contribution in [0.5, 0.6) is 0 Å². The molecule has 2 heterocycles. The second kappa shape index (κ2) is 8.63. The van der Waals surface area contributed by atoms with Gasteiger partial charge in [0.25, 0.3) is 0 Å². The van der Waals surface area contributed by atoms with Crippen molar-refractivity contribution in [1.82, 2.24) is 25.1 Å². The molecule has 2 rings (SSSR count). The maximum atomic E-state index is 12.2. The maximum absolute atomic E-state index is 12.2. The summed E-state index contributed by atoms with van der Waals surface area (Å²) < 4.78 is 1.96. The Morgan fingerprint density at radius 1 is 1.33 bits per heavy atom. The fourth-order valence-corrected chi connectivity index (χ4v) is 2.93. The van der Waals surface area contributed by atoms with E-state index in [4.69, 9.17) is 0 Å². The molecule has 0 aliphatic carbocycles. The molecular formula is C17H23N5OS. The zero-order valence-electron chi connectivity index (χ0n) is 14.3. The molecule has 0 aliphatic rings. The molecule has 1 N–H and O–H groups in total. The largest absolute Gasteiger partial charge is 0.355 e. The highest BCUT2D eigenvalue weighted by Crippen LogP contribution is 2.26.